The topological polar surface area (TPSA) is 40.2 Å². The Morgan fingerprint density at radius 1 is 1.16 bits per heavy atom. The van der Waals surface area contributed by atoms with Crippen LogP contribution in [0.15, 0.2) is 24.3 Å². The van der Waals surface area contributed by atoms with Gasteiger partial charge in [-0.25, -0.2) is 0 Å². The van der Waals surface area contributed by atoms with Crippen LogP contribution in [0.4, 0.5) is 0 Å². The molecular formula is C24H24Cl3NO4. The lowest BCUT2D eigenvalue weighted by Crippen LogP contribution is -2.41. The fourth-order valence-corrected chi connectivity index (χ4v) is 5.33. The van der Waals surface area contributed by atoms with Crippen LogP contribution in [-0.2, 0) is 6.42 Å². The number of unbranched alkanes of at least 4 members (excludes halogenated alkanes) is 1. The highest BCUT2D eigenvalue weighted by atomic mass is 35.6. The lowest BCUT2D eigenvalue weighted by molar-refractivity contribution is 0.174. The van der Waals surface area contributed by atoms with Crippen LogP contribution >= 0.6 is 34.8 Å². The molecule has 0 unspecified atom stereocenters. The summed E-state index contributed by atoms with van der Waals surface area (Å²) in [4.78, 5) is 2.16. The first-order valence-corrected chi connectivity index (χ1v) is 11.9. The van der Waals surface area contributed by atoms with Gasteiger partial charge in [0.25, 0.3) is 0 Å². The SMILES string of the molecule is CCCCOc1c(OC)ccc2c1[C@@H](C(Cl)(Cl)Cl)N1CCc3cc4c(cc3C1=C2)OCO4. The molecule has 0 N–H and O–H groups in total. The maximum atomic E-state index is 6.63. The van der Waals surface area contributed by atoms with Gasteiger partial charge in [0.05, 0.1) is 13.7 Å². The van der Waals surface area contributed by atoms with Gasteiger partial charge in [-0.05, 0) is 48.2 Å². The number of alkyl halides is 3. The Morgan fingerprint density at radius 3 is 2.66 bits per heavy atom. The molecule has 0 saturated heterocycles. The van der Waals surface area contributed by atoms with Crippen LogP contribution in [0.5, 0.6) is 23.0 Å². The van der Waals surface area contributed by atoms with Crippen molar-refractivity contribution in [3.63, 3.8) is 0 Å². The van der Waals surface area contributed by atoms with E-state index in [0.29, 0.717) is 24.7 Å². The Balaban J connectivity index is 1.69. The standard InChI is InChI=1S/C24H24Cl3NO4/c1-3-4-9-30-22-18(29-2)6-5-15-10-17-16-12-20-19(31-13-32-20)11-14(16)7-8-28(17)23(21(15)22)24(25,26)27/h5-6,10-12,23H,3-4,7-9,13H2,1-2H3/t23-/m0/s1. The minimum Gasteiger partial charge on any atom is -0.493 e. The summed E-state index contributed by atoms with van der Waals surface area (Å²) in [5, 5.41) is 0. The highest BCUT2D eigenvalue weighted by molar-refractivity contribution is 6.68. The third kappa shape index (κ3) is 3.64. The van der Waals surface area contributed by atoms with Gasteiger partial charge >= 0.3 is 0 Å². The minimum atomic E-state index is -1.59. The summed E-state index contributed by atoms with van der Waals surface area (Å²) < 4.78 is 21.4. The maximum Gasteiger partial charge on any atom is 0.231 e. The predicted octanol–water partition coefficient (Wildman–Crippen LogP) is 6.38. The van der Waals surface area contributed by atoms with Crippen molar-refractivity contribution in [1.82, 2.24) is 4.90 Å². The number of nitrogens with zero attached hydrogens (tertiary/aromatic N) is 1. The van der Waals surface area contributed by atoms with Gasteiger partial charge in [-0.2, -0.15) is 0 Å². The van der Waals surface area contributed by atoms with Crippen LogP contribution in [0.2, 0.25) is 0 Å². The van der Waals surface area contributed by atoms with E-state index in [4.69, 9.17) is 53.8 Å². The van der Waals surface area contributed by atoms with Crippen molar-refractivity contribution in [2.45, 2.75) is 36.0 Å². The van der Waals surface area contributed by atoms with Crippen molar-refractivity contribution in [3.05, 3.63) is 46.5 Å². The smallest absolute Gasteiger partial charge is 0.231 e. The van der Waals surface area contributed by atoms with E-state index in [9.17, 15) is 0 Å². The summed E-state index contributed by atoms with van der Waals surface area (Å²) in [6, 6.07) is 7.45. The maximum absolute atomic E-state index is 6.63. The van der Waals surface area contributed by atoms with E-state index in [-0.39, 0.29) is 6.79 Å². The molecule has 3 aliphatic rings. The molecule has 5 nitrogen and oxygen atoms in total. The highest BCUT2D eigenvalue weighted by Crippen LogP contribution is 2.56. The van der Waals surface area contributed by atoms with E-state index in [1.54, 1.807) is 7.11 Å². The van der Waals surface area contributed by atoms with Crippen molar-refractivity contribution in [3.8, 4) is 23.0 Å². The molecule has 0 aromatic heterocycles. The molecule has 0 bridgehead atoms. The average molecular weight is 497 g/mol. The molecule has 0 radical (unpaired) electrons. The molecule has 2 aromatic rings. The van der Waals surface area contributed by atoms with Crippen LogP contribution in [0.3, 0.4) is 0 Å². The number of rotatable bonds is 5. The highest BCUT2D eigenvalue weighted by Gasteiger charge is 2.46. The zero-order chi connectivity index (χ0) is 22.5. The molecule has 2 aromatic carbocycles. The fourth-order valence-electron chi connectivity index (χ4n) is 4.65. The number of fused-ring (bicyclic) bond motifs is 5. The molecule has 0 saturated carbocycles. The first-order valence-electron chi connectivity index (χ1n) is 10.7. The molecule has 1 atom stereocenters. The molecule has 32 heavy (non-hydrogen) atoms. The number of ether oxygens (including phenoxy) is 4. The largest absolute Gasteiger partial charge is 0.493 e. The lowest BCUT2D eigenvalue weighted by Gasteiger charge is -2.45. The summed E-state index contributed by atoms with van der Waals surface area (Å²) in [5.41, 5.74) is 5.04. The molecule has 0 fully saturated rings. The summed E-state index contributed by atoms with van der Waals surface area (Å²) in [5.74, 6) is 2.79. The Labute approximate surface area is 202 Å². The van der Waals surface area contributed by atoms with Crippen LogP contribution in [-0.4, -0.2) is 35.7 Å². The molecule has 0 amide bonds. The van der Waals surface area contributed by atoms with Crippen molar-refractivity contribution in [2.75, 3.05) is 27.1 Å². The van der Waals surface area contributed by atoms with Crippen LogP contribution in [0.25, 0.3) is 11.8 Å². The van der Waals surface area contributed by atoms with Crippen molar-refractivity contribution < 1.29 is 18.9 Å². The minimum absolute atomic E-state index is 0.235. The first kappa shape index (κ1) is 21.9. The van der Waals surface area contributed by atoms with E-state index in [0.717, 1.165) is 53.1 Å². The molecule has 0 aliphatic carbocycles. The molecule has 3 aliphatic heterocycles. The van der Waals surface area contributed by atoms with E-state index >= 15 is 0 Å². The van der Waals surface area contributed by atoms with Gasteiger partial charge in [0.15, 0.2) is 23.0 Å². The second-order valence-corrected chi connectivity index (χ2v) is 10.5. The summed E-state index contributed by atoms with van der Waals surface area (Å²) in [6.07, 6.45) is 4.88. The van der Waals surface area contributed by atoms with Crippen molar-refractivity contribution in [2.24, 2.45) is 0 Å². The predicted molar refractivity (Wildman–Crippen MR) is 127 cm³/mol. The third-order valence-corrected chi connectivity index (χ3v) is 6.77. The fraction of sp³-hybridized carbons (Fsp3) is 0.417. The second-order valence-electron chi connectivity index (χ2n) is 8.08. The number of hydrogen-bond donors (Lipinski definition) is 0. The van der Waals surface area contributed by atoms with Crippen LogP contribution in [0.1, 0.15) is 48.1 Å². The van der Waals surface area contributed by atoms with Crippen LogP contribution < -0.4 is 18.9 Å². The zero-order valence-corrected chi connectivity index (χ0v) is 20.2. The monoisotopic (exact) mass is 495 g/mol. The number of halogens is 3. The Morgan fingerprint density at radius 2 is 1.94 bits per heavy atom. The lowest BCUT2D eigenvalue weighted by atomic mass is 9.86. The van der Waals surface area contributed by atoms with Gasteiger partial charge in [-0.1, -0.05) is 54.2 Å². The van der Waals surface area contributed by atoms with E-state index in [1.807, 2.05) is 18.2 Å². The Kier molecular flexibility index (Phi) is 5.77. The van der Waals surface area contributed by atoms with Crippen molar-refractivity contribution >= 4 is 46.6 Å². The van der Waals surface area contributed by atoms with Crippen LogP contribution in [0, 0.1) is 0 Å². The Hall–Kier alpha value is -1.95. The number of benzene rings is 2. The van der Waals surface area contributed by atoms with E-state index < -0.39 is 9.83 Å². The number of hydrogen-bond acceptors (Lipinski definition) is 5. The molecule has 5 rings (SSSR count). The van der Waals surface area contributed by atoms with Gasteiger partial charge in [-0.3, -0.25) is 0 Å². The summed E-state index contributed by atoms with van der Waals surface area (Å²) >= 11 is 19.9. The van der Waals surface area contributed by atoms with Gasteiger partial charge in [0.2, 0.25) is 10.6 Å². The van der Waals surface area contributed by atoms with Gasteiger partial charge in [-0.15, -0.1) is 0 Å². The zero-order valence-electron chi connectivity index (χ0n) is 17.9. The van der Waals surface area contributed by atoms with E-state index in [1.165, 1.54) is 5.56 Å². The third-order valence-electron chi connectivity index (χ3n) is 6.15. The quantitative estimate of drug-likeness (QED) is 0.355. The van der Waals surface area contributed by atoms with Crippen molar-refractivity contribution in [1.29, 1.82) is 0 Å². The molecular weight excluding hydrogens is 473 g/mol. The average Bonchev–Trinajstić information content (AvgIpc) is 3.23. The van der Waals surface area contributed by atoms with Gasteiger partial charge < -0.3 is 23.8 Å². The number of methoxy groups -OCH3 is 1. The first-order chi connectivity index (χ1) is 15.4. The van der Waals surface area contributed by atoms with E-state index in [2.05, 4.69) is 24.0 Å². The molecule has 8 heteroatoms. The summed E-state index contributed by atoms with van der Waals surface area (Å²) in [7, 11) is 1.63. The van der Waals surface area contributed by atoms with Gasteiger partial charge in [0.1, 0.15) is 6.04 Å². The summed E-state index contributed by atoms with van der Waals surface area (Å²) in [6.45, 7) is 3.62. The Bertz CT molecular complexity index is 1080. The van der Waals surface area contributed by atoms with Gasteiger partial charge in [0, 0.05) is 23.4 Å². The molecule has 170 valence electrons. The second kappa shape index (κ2) is 8.44. The molecule has 0 spiro atoms. The molecule has 3 heterocycles. The normalized spacial score (nSPS) is 18.5.